The van der Waals surface area contributed by atoms with E-state index in [0.29, 0.717) is 0 Å². The zero-order valence-corrected chi connectivity index (χ0v) is 5.76. The second kappa shape index (κ2) is 4.61. The molecule has 4 heteroatoms. The van der Waals surface area contributed by atoms with Crippen molar-refractivity contribution in [2.24, 2.45) is 5.41 Å². The molecule has 0 spiro atoms. The number of hydrogen-bond donors (Lipinski definition) is 1. The minimum absolute atomic E-state index is 0. The third kappa shape index (κ3) is 4.57. The molecule has 0 radical (unpaired) electrons. The summed E-state index contributed by atoms with van der Waals surface area (Å²) in [4.78, 5) is 20.6. The van der Waals surface area contributed by atoms with Crippen molar-refractivity contribution in [1.29, 1.82) is 0 Å². The summed E-state index contributed by atoms with van der Waals surface area (Å²) in [6, 6.07) is 0. The summed E-state index contributed by atoms with van der Waals surface area (Å²) in [6.45, 7) is 4.72. The SMILES string of the molecule is CC(C)(C)C(=O)C(=O)O.[KH]. The van der Waals surface area contributed by atoms with Crippen LogP contribution in [0.4, 0.5) is 0 Å². The second-order valence-electron chi connectivity index (χ2n) is 2.88. The predicted molar refractivity (Wildman–Crippen MR) is 39.2 cm³/mol. The van der Waals surface area contributed by atoms with E-state index in [4.69, 9.17) is 5.11 Å². The molecule has 0 aliphatic rings. The summed E-state index contributed by atoms with van der Waals surface area (Å²) in [7, 11) is 0. The second-order valence-corrected chi connectivity index (χ2v) is 2.88. The maximum atomic E-state index is 10.6. The summed E-state index contributed by atoms with van der Waals surface area (Å²) in [5.41, 5.74) is -0.758. The number of carboxylic acids is 1. The van der Waals surface area contributed by atoms with Gasteiger partial charge in [-0.3, -0.25) is 4.79 Å². The molecule has 1 N–H and O–H groups in total. The molecule has 0 aromatic rings. The fourth-order valence-electron chi connectivity index (χ4n) is 0.321. The summed E-state index contributed by atoms with van der Waals surface area (Å²) in [5.74, 6) is -2.11. The van der Waals surface area contributed by atoms with Gasteiger partial charge in [0.2, 0.25) is 5.78 Å². The van der Waals surface area contributed by atoms with Gasteiger partial charge in [-0.05, 0) is 0 Å². The molecule has 0 saturated heterocycles. The minimum atomic E-state index is -1.36. The number of rotatable bonds is 1. The van der Waals surface area contributed by atoms with Gasteiger partial charge in [-0.2, -0.15) is 0 Å². The molecule has 0 fully saturated rings. The Bertz CT molecular complexity index is 146. The summed E-state index contributed by atoms with van der Waals surface area (Å²) < 4.78 is 0. The molecule has 0 heterocycles. The van der Waals surface area contributed by atoms with Crippen LogP contribution in [0.5, 0.6) is 0 Å². The van der Waals surface area contributed by atoms with E-state index in [1.54, 1.807) is 20.8 Å². The average molecular weight is 170 g/mol. The first-order valence-corrected chi connectivity index (χ1v) is 2.63. The van der Waals surface area contributed by atoms with E-state index in [-0.39, 0.29) is 51.4 Å². The van der Waals surface area contributed by atoms with Crippen LogP contribution >= 0.6 is 0 Å². The monoisotopic (exact) mass is 170 g/mol. The standard InChI is InChI=1S/C6H10O3.K.H/c1-6(2,3)4(7)5(8)9;;/h1-3H3,(H,8,9);;. The van der Waals surface area contributed by atoms with Crippen molar-refractivity contribution in [2.45, 2.75) is 20.8 Å². The Morgan fingerprint density at radius 2 is 1.50 bits per heavy atom. The zero-order chi connectivity index (χ0) is 7.65. The normalized spacial score (nSPS) is 9.90. The van der Waals surface area contributed by atoms with E-state index in [2.05, 4.69) is 0 Å². The Kier molecular flexibility index (Phi) is 6.17. The van der Waals surface area contributed by atoms with Gasteiger partial charge in [-0.25, -0.2) is 4.79 Å². The van der Waals surface area contributed by atoms with Crippen LogP contribution in [0.1, 0.15) is 20.8 Å². The topological polar surface area (TPSA) is 54.4 Å². The van der Waals surface area contributed by atoms with Crippen molar-refractivity contribution in [3.05, 3.63) is 0 Å². The number of Topliss-reactive ketones (excluding diaryl/α,β-unsaturated/α-hetero) is 1. The zero-order valence-electron chi connectivity index (χ0n) is 5.76. The van der Waals surface area contributed by atoms with Gasteiger partial charge < -0.3 is 5.11 Å². The molecule has 0 amide bonds. The van der Waals surface area contributed by atoms with Crippen LogP contribution in [0.2, 0.25) is 0 Å². The predicted octanol–water partition coefficient (Wildman–Crippen LogP) is 0.0377. The van der Waals surface area contributed by atoms with Crippen LogP contribution in [0.15, 0.2) is 0 Å². The van der Waals surface area contributed by atoms with Crippen LogP contribution in [0.3, 0.4) is 0 Å². The van der Waals surface area contributed by atoms with Gasteiger partial charge >= 0.3 is 57.4 Å². The van der Waals surface area contributed by atoms with E-state index in [9.17, 15) is 9.59 Å². The van der Waals surface area contributed by atoms with Gasteiger partial charge in [0.05, 0.1) is 0 Å². The molecule has 0 atom stereocenters. The molecular weight excluding hydrogens is 159 g/mol. The van der Waals surface area contributed by atoms with Crippen molar-refractivity contribution in [3.63, 3.8) is 0 Å². The number of hydrogen-bond acceptors (Lipinski definition) is 2. The van der Waals surface area contributed by atoms with E-state index in [1.807, 2.05) is 0 Å². The van der Waals surface area contributed by atoms with Crippen molar-refractivity contribution in [3.8, 4) is 0 Å². The summed E-state index contributed by atoms with van der Waals surface area (Å²) in [5, 5.41) is 8.17. The van der Waals surface area contributed by atoms with Gasteiger partial charge in [0.15, 0.2) is 0 Å². The quantitative estimate of drug-likeness (QED) is 0.446. The van der Waals surface area contributed by atoms with Gasteiger partial charge in [-0.15, -0.1) is 0 Å². The van der Waals surface area contributed by atoms with Crippen LogP contribution in [0, 0.1) is 5.41 Å². The first kappa shape index (κ1) is 13.4. The van der Waals surface area contributed by atoms with Crippen molar-refractivity contribution < 1.29 is 14.7 Å². The molecule has 0 saturated carbocycles. The Balaban J connectivity index is 0. The molecule has 0 aromatic carbocycles. The molecule has 10 heavy (non-hydrogen) atoms. The van der Waals surface area contributed by atoms with Crippen molar-refractivity contribution in [2.75, 3.05) is 0 Å². The van der Waals surface area contributed by atoms with E-state index < -0.39 is 17.2 Å². The average Bonchev–Trinajstić information content (AvgIpc) is 1.62. The molecule has 0 aliphatic heterocycles. The van der Waals surface area contributed by atoms with E-state index in [1.165, 1.54) is 0 Å². The van der Waals surface area contributed by atoms with E-state index >= 15 is 0 Å². The molecule has 0 aliphatic carbocycles. The van der Waals surface area contributed by atoms with Crippen molar-refractivity contribution in [1.82, 2.24) is 0 Å². The molecule has 0 rings (SSSR count). The van der Waals surface area contributed by atoms with Crippen molar-refractivity contribution >= 4 is 63.1 Å². The third-order valence-electron chi connectivity index (χ3n) is 0.875. The number of aliphatic carboxylic acids is 1. The van der Waals surface area contributed by atoms with Crippen LogP contribution in [-0.2, 0) is 9.59 Å². The first-order valence-electron chi connectivity index (χ1n) is 2.63. The van der Waals surface area contributed by atoms with Crippen LogP contribution < -0.4 is 0 Å². The molecule has 54 valence electrons. The molecular formula is C6H11KO3. The van der Waals surface area contributed by atoms with Crippen LogP contribution in [0.25, 0.3) is 0 Å². The summed E-state index contributed by atoms with van der Waals surface area (Å²) in [6.07, 6.45) is 0. The number of carbonyl (C=O) groups excluding carboxylic acids is 1. The molecule has 0 aromatic heterocycles. The fraction of sp³-hybridized carbons (Fsp3) is 0.667. The van der Waals surface area contributed by atoms with Gasteiger partial charge in [-0.1, -0.05) is 20.8 Å². The van der Waals surface area contributed by atoms with Crippen LogP contribution in [-0.4, -0.2) is 68.2 Å². The Morgan fingerprint density at radius 3 is 1.50 bits per heavy atom. The summed E-state index contributed by atoms with van der Waals surface area (Å²) >= 11 is 0. The first-order chi connectivity index (χ1) is 3.85. The molecule has 0 unspecified atom stereocenters. The molecule has 0 bridgehead atoms. The van der Waals surface area contributed by atoms with Gasteiger partial charge in [0, 0.05) is 5.41 Å². The Hall–Kier alpha value is 0.776. The number of ketones is 1. The Labute approximate surface area is 103 Å². The third-order valence-corrected chi connectivity index (χ3v) is 0.875. The Morgan fingerprint density at radius 1 is 1.20 bits per heavy atom. The fourth-order valence-corrected chi connectivity index (χ4v) is 0.321. The molecule has 3 nitrogen and oxygen atoms in total. The van der Waals surface area contributed by atoms with E-state index in [0.717, 1.165) is 0 Å². The van der Waals surface area contributed by atoms with Gasteiger partial charge in [0.25, 0.3) is 0 Å². The maximum absolute atomic E-state index is 10.6. The number of carbonyl (C=O) groups is 2. The van der Waals surface area contributed by atoms with Gasteiger partial charge in [0.1, 0.15) is 0 Å². The number of carboxylic acid groups (broad SMARTS) is 1.